The van der Waals surface area contributed by atoms with Crippen molar-refractivity contribution in [3.8, 4) is 16.3 Å². The average molecular weight is 298 g/mol. The largest absolute Gasteiger partial charge is 0.493 e. The van der Waals surface area contributed by atoms with E-state index in [1.807, 2.05) is 37.4 Å². The number of nitrogens with zero attached hydrogens (tertiary/aromatic N) is 1. The zero-order valence-corrected chi connectivity index (χ0v) is 11.3. The molecule has 0 radical (unpaired) electrons. The summed E-state index contributed by atoms with van der Waals surface area (Å²) in [6, 6.07) is 8.01. The van der Waals surface area contributed by atoms with E-state index in [1.165, 1.54) is 4.88 Å². The highest BCUT2D eigenvalue weighted by Crippen LogP contribution is 2.33. The summed E-state index contributed by atoms with van der Waals surface area (Å²) in [5.74, 6) is 0.903. The lowest BCUT2D eigenvalue weighted by Crippen LogP contribution is -1.93. The van der Waals surface area contributed by atoms with Crippen molar-refractivity contribution in [2.24, 2.45) is 0 Å². The highest BCUT2D eigenvalue weighted by Gasteiger charge is 2.09. The number of thiazole rings is 1. The normalized spacial score (nSPS) is 10.4. The molecule has 84 valence electrons. The van der Waals surface area contributed by atoms with Gasteiger partial charge in [-0.2, -0.15) is 0 Å². The van der Waals surface area contributed by atoms with Crippen LogP contribution in [-0.4, -0.2) is 11.6 Å². The molecule has 0 N–H and O–H groups in total. The summed E-state index contributed by atoms with van der Waals surface area (Å²) < 4.78 is 5.59. The molecule has 0 fully saturated rings. The monoisotopic (exact) mass is 297 g/mol. The van der Waals surface area contributed by atoms with Crippen LogP contribution in [0.4, 0.5) is 0 Å². The van der Waals surface area contributed by atoms with E-state index in [1.54, 1.807) is 11.3 Å². The molecule has 0 aliphatic heterocycles. The van der Waals surface area contributed by atoms with Crippen LogP contribution >= 0.6 is 27.3 Å². The Bertz CT molecular complexity index is 470. The van der Waals surface area contributed by atoms with Gasteiger partial charge in [0.2, 0.25) is 0 Å². The first kappa shape index (κ1) is 11.6. The number of benzene rings is 1. The minimum atomic E-state index is 0.674. The predicted octanol–water partition coefficient (Wildman–Crippen LogP) is 4.10. The van der Waals surface area contributed by atoms with Crippen LogP contribution in [0.2, 0.25) is 0 Å². The van der Waals surface area contributed by atoms with E-state index < -0.39 is 0 Å². The number of rotatable bonds is 4. The summed E-state index contributed by atoms with van der Waals surface area (Å²) in [6.07, 6.45) is 1.90. The third kappa shape index (κ3) is 2.44. The molecule has 16 heavy (non-hydrogen) atoms. The lowest BCUT2D eigenvalue weighted by atomic mass is 10.2. The maximum atomic E-state index is 5.59. The minimum Gasteiger partial charge on any atom is -0.493 e. The van der Waals surface area contributed by atoms with E-state index in [0.717, 1.165) is 21.7 Å². The molecule has 0 amide bonds. The van der Waals surface area contributed by atoms with Crippen molar-refractivity contribution in [2.45, 2.75) is 12.3 Å². The topological polar surface area (TPSA) is 22.1 Å². The highest BCUT2D eigenvalue weighted by molar-refractivity contribution is 9.08. The minimum absolute atomic E-state index is 0.674. The van der Waals surface area contributed by atoms with E-state index in [9.17, 15) is 0 Å². The summed E-state index contributed by atoms with van der Waals surface area (Å²) in [7, 11) is 0. The van der Waals surface area contributed by atoms with Crippen LogP contribution in [-0.2, 0) is 5.33 Å². The van der Waals surface area contributed by atoms with E-state index in [4.69, 9.17) is 4.74 Å². The van der Waals surface area contributed by atoms with E-state index in [0.29, 0.717) is 6.61 Å². The average Bonchev–Trinajstić information content (AvgIpc) is 2.79. The van der Waals surface area contributed by atoms with Crippen LogP contribution in [0.5, 0.6) is 5.75 Å². The Hall–Kier alpha value is -0.870. The van der Waals surface area contributed by atoms with Gasteiger partial charge in [0.1, 0.15) is 10.8 Å². The van der Waals surface area contributed by atoms with Gasteiger partial charge in [-0.25, -0.2) is 4.98 Å². The Balaban J connectivity index is 2.38. The Morgan fingerprint density at radius 2 is 2.19 bits per heavy atom. The maximum Gasteiger partial charge on any atom is 0.129 e. The molecule has 0 aliphatic carbocycles. The summed E-state index contributed by atoms with van der Waals surface area (Å²) in [5.41, 5.74) is 1.07. The Morgan fingerprint density at radius 1 is 1.38 bits per heavy atom. The number of hydrogen-bond acceptors (Lipinski definition) is 3. The Labute approximate surface area is 107 Å². The number of aromatic nitrogens is 1. The molecule has 1 aromatic carbocycles. The van der Waals surface area contributed by atoms with Crippen LogP contribution in [0.15, 0.2) is 30.5 Å². The molecule has 2 aromatic rings. The first-order chi connectivity index (χ1) is 7.85. The van der Waals surface area contributed by atoms with Crippen molar-refractivity contribution < 1.29 is 4.74 Å². The van der Waals surface area contributed by atoms with Gasteiger partial charge < -0.3 is 4.74 Å². The van der Waals surface area contributed by atoms with Gasteiger partial charge in [0.15, 0.2) is 0 Å². The fourth-order valence-electron chi connectivity index (χ4n) is 1.42. The smallest absolute Gasteiger partial charge is 0.129 e. The highest BCUT2D eigenvalue weighted by atomic mass is 79.9. The lowest BCUT2D eigenvalue weighted by molar-refractivity contribution is 0.341. The van der Waals surface area contributed by atoms with E-state index >= 15 is 0 Å². The molecule has 2 rings (SSSR count). The van der Waals surface area contributed by atoms with Crippen LogP contribution < -0.4 is 4.74 Å². The molecule has 2 nitrogen and oxygen atoms in total. The number of hydrogen-bond donors (Lipinski definition) is 0. The molecule has 0 aliphatic rings. The Kier molecular flexibility index (Phi) is 3.96. The van der Waals surface area contributed by atoms with E-state index in [-0.39, 0.29) is 0 Å². The van der Waals surface area contributed by atoms with Crippen molar-refractivity contribution in [1.82, 2.24) is 4.98 Å². The second kappa shape index (κ2) is 5.46. The number of alkyl halides is 1. The molecule has 0 bridgehead atoms. The molecule has 0 unspecified atom stereocenters. The molecule has 4 heteroatoms. The second-order valence-electron chi connectivity index (χ2n) is 3.19. The van der Waals surface area contributed by atoms with Crippen LogP contribution in [0.3, 0.4) is 0 Å². The number of ether oxygens (including phenoxy) is 1. The van der Waals surface area contributed by atoms with Gasteiger partial charge in [-0.3, -0.25) is 0 Å². The Morgan fingerprint density at radius 3 is 2.88 bits per heavy atom. The fourth-order valence-corrected chi connectivity index (χ4v) is 2.70. The van der Waals surface area contributed by atoms with E-state index in [2.05, 4.69) is 20.9 Å². The summed E-state index contributed by atoms with van der Waals surface area (Å²) >= 11 is 5.12. The maximum absolute atomic E-state index is 5.59. The standard InChI is InChI=1S/C12H12BrNOS/c1-2-15-11-6-4-3-5-10(11)12-14-8-9(7-13)16-12/h3-6,8H,2,7H2,1H3. The zero-order chi connectivity index (χ0) is 11.4. The molecular formula is C12H12BrNOS. The van der Waals surface area contributed by atoms with Crippen LogP contribution in [0.1, 0.15) is 11.8 Å². The van der Waals surface area contributed by atoms with Gasteiger partial charge in [0.25, 0.3) is 0 Å². The molecule has 0 atom stereocenters. The summed E-state index contributed by atoms with van der Waals surface area (Å²) in [5, 5.41) is 1.86. The molecular weight excluding hydrogens is 286 g/mol. The van der Waals surface area contributed by atoms with Crippen molar-refractivity contribution >= 4 is 27.3 Å². The van der Waals surface area contributed by atoms with Crippen molar-refractivity contribution in [2.75, 3.05) is 6.61 Å². The van der Waals surface area contributed by atoms with Crippen LogP contribution in [0.25, 0.3) is 10.6 Å². The van der Waals surface area contributed by atoms with Crippen molar-refractivity contribution in [3.05, 3.63) is 35.3 Å². The summed E-state index contributed by atoms with van der Waals surface area (Å²) in [4.78, 5) is 5.63. The summed E-state index contributed by atoms with van der Waals surface area (Å²) in [6.45, 7) is 2.66. The fraction of sp³-hybridized carbons (Fsp3) is 0.250. The van der Waals surface area contributed by atoms with Gasteiger partial charge in [-0.15, -0.1) is 11.3 Å². The predicted molar refractivity (Wildman–Crippen MR) is 71.4 cm³/mol. The van der Waals surface area contributed by atoms with Gasteiger partial charge in [-0.1, -0.05) is 28.1 Å². The van der Waals surface area contributed by atoms with Crippen LogP contribution in [0, 0.1) is 0 Å². The molecule has 1 aromatic heterocycles. The molecule has 0 saturated carbocycles. The third-order valence-corrected chi connectivity index (χ3v) is 4.11. The quantitative estimate of drug-likeness (QED) is 0.793. The SMILES string of the molecule is CCOc1ccccc1-c1ncc(CBr)s1. The lowest BCUT2D eigenvalue weighted by Gasteiger charge is -2.06. The number of halogens is 1. The molecule has 1 heterocycles. The van der Waals surface area contributed by atoms with Gasteiger partial charge in [-0.05, 0) is 19.1 Å². The third-order valence-electron chi connectivity index (χ3n) is 2.10. The van der Waals surface area contributed by atoms with Crippen molar-refractivity contribution in [3.63, 3.8) is 0 Å². The first-order valence-electron chi connectivity index (χ1n) is 5.08. The van der Waals surface area contributed by atoms with Crippen molar-refractivity contribution in [1.29, 1.82) is 0 Å². The first-order valence-corrected chi connectivity index (χ1v) is 7.01. The molecule has 0 spiro atoms. The number of para-hydroxylation sites is 1. The zero-order valence-electron chi connectivity index (χ0n) is 8.94. The van der Waals surface area contributed by atoms with Gasteiger partial charge in [0, 0.05) is 16.4 Å². The van der Waals surface area contributed by atoms with Gasteiger partial charge in [0.05, 0.1) is 12.2 Å². The second-order valence-corrected chi connectivity index (χ2v) is 4.87. The van der Waals surface area contributed by atoms with Gasteiger partial charge >= 0.3 is 0 Å². The molecule has 0 saturated heterocycles.